The summed E-state index contributed by atoms with van der Waals surface area (Å²) >= 11 is 0. The van der Waals surface area contributed by atoms with Crippen molar-refractivity contribution in [3.63, 3.8) is 0 Å². The first kappa shape index (κ1) is 13.1. The Morgan fingerprint density at radius 1 is 1.18 bits per heavy atom. The lowest BCUT2D eigenvalue weighted by Gasteiger charge is -2.25. The number of aliphatic hydroxyl groups is 1. The minimum atomic E-state index is -0.456. The van der Waals surface area contributed by atoms with Crippen molar-refractivity contribution >= 4 is 17.0 Å². The van der Waals surface area contributed by atoms with Gasteiger partial charge in [-0.1, -0.05) is 12.1 Å². The van der Waals surface area contributed by atoms with Gasteiger partial charge in [0, 0.05) is 6.54 Å². The fourth-order valence-corrected chi connectivity index (χ4v) is 3.02. The van der Waals surface area contributed by atoms with E-state index in [0.29, 0.717) is 24.4 Å². The number of fused-ring (bicyclic) bond motifs is 1. The third kappa shape index (κ3) is 2.10. The first-order valence-electron chi connectivity index (χ1n) is 7.06. The van der Waals surface area contributed by atoms with Gasteiger partial charge in [0.1, 0.15) is 17.7 Å². The van der Waals surface area contributed by atoms with E-state index in [-0.39, 0.29) is 11.9 Å². The predicted octanol–water partition coefficient (Wildman–Crippen LogP) is 1.80. The molecule has 1 aliphatic heterocycles. The Bertz CT molecular complexity index is 803. The molecule has 0 amide bonds. The van der Waals surface area contributed by atoms with Crippen molar-refractivity contribution in [3.8, 4) is 0 Å². The Balaban J connectivity index is 1.78. The molecule has 0 spiro atoms. The summed E-state index contributed by atoms with van der Waals surface area (Å²) in [6.45, 7) is 0.465. The van der Waals surface area contributed by atoms with E-state index < -0.39 is 6.10 Å². The summed E-state index contributed by atoms with van der Waals surface area (Å²) in [5, 5.41) is 10.1. The van der Waals surface area contributed by atoms with E-state index in [9.17, 15) is 9.50 Å². The zero-order valence-corrected chi connectivity index (χ0v) is 11.6. The first-order valence-corrected chi connectivity index (χ1v) is 7.06. The summed E-state index contributed by atoms with van der Waals surface area (Å²) in [7, 11) is 0. The number of hydrogen-bond acceptors (Lipinski definition) is 5. The molecule has 1 aromatic carbocycles. The van der Waals surface area contributed by atoms with Crippen LogP contribution in [0.2, 0.25) is 0 Å². The normalized spacial score (nSPS) is 21.6. The molecule has 112 valence electrons. The summed E-state index contributed by atoms with van der Waals surface area (Å²) in [6.07, 6.45) is 3.15. The van der Waals surface area contributed by atoms with Gasteiger partial charge in [-0.25, -0.2) is 19.3 Å². The first-order chi connectivity index (χ1) is 10.7. The number of aliphatic hydroxyl groups excluding tert-OH is 1. The number of nitrogens with zero attached hydrogens (tertiary/aromatic N) is 4. The van der Waals surface area contributed by atoms with Crippen LogP contribution in [0.5, 0.6) is 0 Å². The number of aromatic amines is 1. The number of imidazole rings is 1. The van der Waals surface area contributed by atoms with Gasteiger partial charge in [0.2, 0.25) is 0 Å². The minimum absolute atomic E-state index is 0.0583. The van der Waals surface area contributed by atoms with E-state index in [1.165, 1.54) is 18.5 Å². The third-order valence-corrected chi connectivity index (χ3v) is 4.01. The maximum atomic E-state index is 13.1. The molecule has 7 heteroatoms. The number of benzene rings is 1. The average Bonchev–Trinajstić information content (AvgIpc) is 3.14. The second kappa shape index (κ2) is 5.03. The fourth-order valence-electron chi connectivity index (χ4n) is 3.02. The van der Waals surface area contributed by atoms with Crippen LogP contribution in [0.1, 0.15) is 18.0 Å². The number of β-amino-alcohol motifs (C(OH)–C–C–N with tert-alkyl or cyclic N) is 1. The monoisotopic (exact) mass is 299 g/mol. The summed E-state index contributed by atoms with van der Waals surface area (Å²) in [5.41, 5.74) is 2.28. The second-order valence-corrected chi connectivity index (χ2v) is 5.41. The van der Waals surface area contributed by atoms with Gasteiger partial charge in [-0.3, -0.25) is 0 Å². The minimum Gasteiger partial charge on any atom is -0.391 e. The molecule has 0 radical (unpaired) electrons. The van der Waals surface area contributed by atoms with Crippen molar-refractivity contribution in [1.82, 2.24) is 19.9 Å². The molecule has 2 atom stereocenters. The Morgan fingerprint density at radius 3 is 2.82 bits per heavy atom. The molecule has 3 aromatic rings. The number of halogens is 1. The van der Waals surface area contributed by atoms with Crippen molar-refractivity contribution in [2.45, 2.75) is 18.6 Å². The van der Waals surface area contributed by atoms with Crippen LogP contribution in [0.15, 0.2) is 36.9 Å². The van der Waals surface area contributed by atoms with Crippen molar-refractivity contribution in [2.24, 2.45) is 0 Å². The molecule has 2 N–H and O–H groups in total. The molecule has 4 rings (SSSR count). The van der Waals surface area contributed by atoms with Gasteiger partial charge in [-0.2, -0.15) is 0 Å². The van der Waals surface area contributed by atoms with Crippen LogP contribution >= 0.6 is 0 Å². The van der Waals surface area contributed by atoms with Gasteiger partial charge in [-0.05, 0) is 24.1 Å². The number of hydrogen-bond donors (Lipinski definition) is 2. The van der Waals surface area contributed by atoms with Gasteiger partial charge < -0.3 is 15.0 Å². The summed E-state index contributed by atoms with van der Waals surface area (Å²) in [5.74, 6) is 0.431. The van der Waals surface area contributed by atoms with Gasteiger partial charge in [0.15, 0.2) is 11.5 Å². The lowest BCUT2D eigenvalue weighted by atomic mass is 10.0. The van der Waals surface area contributed by atoms with E-state index in [4.69, 9.17) is 0 Å². The quantitative estimate of drug-likeness (QED) is 0.754. The second-order valence-electron chi connectivity index (χ2n) is 5.41. The number of H-pyrrole nitrogens is 1. The Hall–Kier alpha value is -2.54. The van der Waals surface area contributed by atoms with Crippen LogP contribution in [-0.2, 0) is 0 Å². The van der Waals surface area contributed by atoms with E-state index in [1.54, 1.807) is 18.5 Å². The molecule has 22 heavy (non-hydrogen) atoms. The van der Waals surface area contributed by atoms with Gasteiger partial charge in [0.25, 0.3) is 0 Å². The lowest BCUT2D eigenvalue weighted by molar-refractivity contribution is 0.194. The van der Waals surface area contributed by atoms with Crippen molar-refractivity contribution in [3.05, 3.63) is 48.3 Å². The molecule has 1 fully saturated rings. The van der Waals surface area contributed by atoms with E-state index in [0.717, 1.165) is 11.1 Å². The fraction of sp³-hybridized carbons (Fsp3) is 0.267. The molecule has 1 saturated heterocycles. The standard InChI is InChI=1S/C15H14FN5O/c16-10-3-1-9(2-4-10)12-5-11(22)6-21(12)15-13-14(18-7-17-13)19-8-20-15/h1-4,7-8,11-12,22H,5-6H2,(H,17,18,19,20)/t11-,12-/m1/s1. The van der Waals surface area contributed by atoms with E-state index in [1.807, 2.05) is 4.90 Å². The van der Waals surface area contributed by atoms with Crippen LogP contribution < -0.4 is 4.90 Å². The van der Waals surface area contributed by atoms with Crippen LogP contribution in [0.4, 0.5) is 10.2 Å². The lowest BCUT2D eigenvalue weighted by Crippen LogP contribution is -2.25. The predicted molar refractivity (Wildman–Crippen MR) is 78.8 cm³/mol. The SMILES string of the molecule is O[C@@H]1C[C@H](c2ccc(F)cc2)N(c2ncnc3nc[nH]c23)C1. The highest BCUT2D eigenvalue weighted by molar-refractivity contribution is 5.83. The van der Waals surface area contributed by atoms with Crippen LogP contribution in [0.3, 0.4) is 0 Å². The molecule has 0 saturated carbocycles. The summed E-state index contributed by atoms with van der Waals surface area (Å²) in [6, 6.07) is 6.30. The highest BCUT2D eigenvalue weighted by Crippen LogP contribution is 2.37. The van der Waals surface area contributed by atoms with E-state index in [2.05, 4.69) is 19.9 Å². The molecule has 0 aliphatic carbocycles. The van der Waals surface area contributed by atoms with Crippen LogP contribution in [0.25, 0.3) is 11.2 Å². The van der Waals surface area contributed by atoms with Gasteiger partial charge >= 0.3 is 0 Å². The van der Waals surface area contributed by atoms with Gasteiger partial charge in [-0.15, -0.1) is 0 Å². The molecule has 6 nitrogen and oxygen atoms in total. The summed E-state index contributed by atoms with van der Waals surface area (Å²) < 4.78 is 13.1. The highest BCUT2D eigenvalue weighted by Gasteiger charge is 2.34. The molecular formula is C15H14FN5O. The van der Waals surface area contributed by atoms with Crippen LogP contribution in [-0.4, -0.2) is 37.7 Å². The topological polar surface area (TPSA) is 77.9 Å². The van der Waals surface area contributed by atoms with Crippen LogP contribution in [0, 0.1) is 5.82 Å². The number of aromatic nitrogens is 4. The molecule has 0 bridgehead atoms. The highest BCUT2D eigenvalue weighted by atomic mass is 19.1. The zero-order valence-electron chi connectivity index (χ0n) is 11.6. The third-order valence-electron chi connectivity index (χ3n) is 4.01. The summed E-state index contributed by atoms with van der Waals surface area (Å²) in [4.78, 5) is 17.6. The maximum Gasteiger partial charge on any atom is 0.182 e. The number of nitrogens with one attached hydrogen (secondary N) is 1. The largest absolute Gasteiger partial charge is 0.391 e. The molecule has 3 heterocycles. The Kier molecular flexibility index (Phi) is 3.00. The van der Waals surface area contributed by atoms with Crippen molar-refractivity contribution in [2.75, 3.05) is 11.4 Å². The number of anilines is 1. The molecule has 0 unspecified atom stereocenters. The van der Waals surface area contributed by atoms with Crippen molar-refractivity contribution in [1.29, 1.82) is 0 Å². The Labute approximate surface area is 125 Å². The Morgan fingerprint density at radius 2 is 2.00 bits per heavy atom. The zero-order chi connectivity index (χ0) is 15.1. The van der Waals surface area contributed by atoms with Gasteiger partial charge in [0.05, 0.1) is 18.5 Å². The average molecular weight is 299 g/mol. The van der Waals surface area contributed by atoms with Crippen molar-refractivity contribution < 1.29 is 9.50 Å². The molecular weight excluding hydrogens is 285 g/mol. The number of rotatable bonds is 2. The molecule has 1 aliphatic rings. The maximum absolute atomic E-state index is 13.1. The molecule has 2 aromatic heterocycles. The van der Waals surface area contributed by atoms with E-state index >= 15 is 0 Å². The smallest absolute Gasteiger partial charge is 0.182 e.